The maximum atomic E-state index is 13.0. The Hall–Kier alpha value is -2.27. The average Bonchev–Trinajstić information content (AvgIpc) is 2.98. The fourth-order valence-electron chi connectivity index (χ4n) is 2.00. The lowest BCUT2D eigenvalue weighted by Gasteiger charge is -2.15. The van der Waals surface area contributed by atoms with Crippen molar-refractivity contribution in [3.8, 4) is 0 Å². The SMILES string of the molecule is CN(c1ccc(F)cc1)c1nc([CH]c2ccc(F)cc2)cs1. The van der Waals surface area contributed by atoms with Crippen molar-refractivity contribution in [2.75, 3.05) is 11.9 Å². The van der Waals surface area contributed by atoms with Gasteiger partial charge in [0, 0.05) is 24.5 Å². The number of anilines is 2. The third-order valence-corrected chi connectivity index (χ3v) is 4.13. The van der Waals surface area contributed by atoms with Crippen molar-refractivity contribution in [3.05, 3.63) is 83.2 Å². The molecule has 2 nitrogen and oxygen atoms in total. The molecule has 2 aromatic carbocycles. The molecule has 0 amide bonds. The van der Waals surface area contributed by atoms with Crippen LogP contribution in [-0.4, -0.2) is 12.0 Å². The molecule has 111 valence electrons. The summed E-state index contributed by atoms with van der Waals surface area (Å²) >= 11 is 1.49. The van der Waals surface area contributed by atoms with Crippen LogP contribution in [0.2, 0.25) is 0 Å². The van der Waals surface area contributed by atoms with Crippen LogP contribution in [0.4, 0.5) is 19.6 Å². The number of aromatic nitrogens is 1. The second-order valence-corrected chi connectivity index (χ2v) is 5.62. The smallest absolute Gasteiger partial charge is 0.189 e. The second-order valence-electron chi connectivity index (χ2n) is 4.79. The topological polar surface area (TPSA) is 16.1 Å². The van der Waals surface area contributed by atoms with Crippen molar-refractivity contribution >= 4 is 22.2 Å². The van der Waals surface area contributed by atoms with E-state index in [2.05, 4.69) is 4.98 Å². The predicted molar refractivity (Wildman–Crippen MR) is 85.5 cm³/mol. The van der Waals surface area contributed by atoms with Crippen LogP contribution in [0.15, 0.2) is 53.9 Å². The van der Waals surface area contributed by atoms with Crippen LogP contribution < -0.4 is 4.90 Å². The van der Waals surface area contributed by atoms with Crippen LogP contribution in [-0.2, 0) is 0 Å². The van der Waals surface area contributed by atoms with Gasteiger partial charge in [-0.1, -0.05) is 12.1 Å². The first-order chi connectivity index (χ1) is 10.6. The minimum absolute atomic E-state index is 0.257. The maximum absolute atomic E-state index is 13.0. The van der Waals surface area contributed by atoms with Gasteiger partial charge in [0.25, 0.3) is 0 Å². The summed E-state index contributed by atoms with van der Waals surface area (Å²) in [4.78, 5) is 6.42. The second kappa shape index (κ2) is 6.23. The molecule has 0 saturated heterocycles. The maximum Gasteiger partial charge on any atom is 0.189 e. The number of rotatable bonds is 4. The highest BCUT2D eigenvalue weighted by Gasteiger charge is 2.10. The number of hydrogen-bond acceptors (Lipinski definition) is 3. The molecular formula is C17H13F2N2S. The molecule has 0 aliphatic carbocycles. The Kier molecular flexibility index (Phi) is 4.15. The van der Waals surface area contributed by atoms with E-state index >= 15 is 0 Å². The molecule has 22 heavy (non-hydrogen) atoms. The zero-order valence-corrected chi connectivity index (χ0v) is 12.6. The van der Waals surface area contributed by atoms with E-state index in [-0.39, 0.29) is 11.6 Å². The van der Waals surface area contributed by atoms with E-state index in [4.69, 9.17) is 0 Å². The highest BCUT2D eigenvalue weighted by atomic mass is 32.1. The molecule has 0 fully saturated rings. The van der Waals surface area contributed by atoms with Gasteiger partial charge < -0.3 is 4.90 Å². The molecule has 5 heteroatoms. The molecule has 0 atom stereocenters. The standard InChI is InChI=1S/C17H13F2N2S/c1-21(16-8-6-14(19)7-9-16)17-20-15(11-22-17)10-12-2-4-13(18)5-3-12/h2-11H,1H3. The summed E-state index contributed by atoms with van der Waals surface area (Å²) in [6.07, 6.45) is 1.89. The van der Waals surface area contributed by atoms with Crippen molar-refractivity contribution in [2.24, 2.45) is 0 Å². The number of benzene rings is 2. The van der Waals surface area contributed by atoms with Gasteiger partial charge >= 0.3 is 0 Å². The van der Waals surface area contributed by atoms with Gasteiger partial charge in [0.15, 0.2) is 5.13 Å². The summed E-state index contributed by atoms with van der Waals surface area (Å²) in [6.45, 7) is 0. The van der Waals surface area contributed by atoms with Crippen LogP contribution in [0.25, 0.3) is 0 Å². The van der Waals surface area contributed by atoms with Crippen LogP contribution in [0.5, 0.6) is 0 Å². The molecule has 0 saturated carbocycles. The fourth-order valence-corrected chi connectivity index (χ4v) is 2.77. The predicted octanol–water partition coefficient (Wildman–Crippen LogP) is 4.79. The molecule has 0 bridgehead atoms. The van der Waals surface area contributed by atoms with Crippen LogP contribution >= 0.6 is 11.3 Å². The van der Waals surface area contributed by atoms with E-state index in [1.54, 1.807) is 24.3 Å². The van der Waals surface area contributed by atoms with Crippen molar-refractivity contribution in [2.45, 2.75) is 0 Å². The first kappa shape index (κ1) is 14.7. The van der Waals surface area contributed by atoms with Gasteiger partial charge in [-0.25, -0.2) is 13.8 Å². The Labute approximate surface area is 131 Å². The Bertz CT molecular complexity index is 751. The molecule has 3 rings (SSSR count). The zero-order valence-electron chi connectivity index (χ0n) is 11.8. The van der Waals surface area contributed by atoms with Crippen LogP contribution in [0, 0.1) is 18.1 Å². The van der Waals surface area contributed by atoms with E-state index in [1.165, 1.54) is 35.6 Å². The zero-order chi connectivity index (χ0) is 15.5. The highest BCUT2D eigenvalue weighted by molar-refractivity contribution is 7.13. The lowest BCUT2D eigenvalue weighted by Crippen LogP contribution is -2.09. The molecular weight excluding hydrogens is 302 g/mol. The van der Waals surface area contributed by atoms with E-state index in [0.29, 0.717) is 0 Å². The first-order valence-electron chi connectivity index (χ1n) is 6.67. The third-order valence-electron chi connectivity index (χ3n) is 3.20. The minimum atomic E-state index is -0.262. The van der Waals surface area contributed by atoms with Gasteiger partial charge in [0.05, 0.1) is 5.69 Å². The van der Waals surface area contributed by atoms with E-state index in [9.17, 15) is 8.78 Å². The summed E-state index contributed by atoms with van der Waals surface area (Å²) in [7, 11) is 1.88. The molecule has 1 heterocycles. The Morgan fingerprint density at radius 2 is 1.55 bits per heavy atom. The van der Waals surface area contributed by atoms with Crippen molar-refractivity contribution in [1.29, 1.82) is 0 Å². The highest BCUT2D eigenvalue weighted by Crippen LogP contribution is 2.28. The summed E-state index contributed by atoms with van der Waals surface area (Å²) in [5.74, 6) is -0.520. The monoisotopic (exact) mass is 315 g/mol. The van der Waals surface area contributed by atoms with Gasteiger partial charge in [-0.05, 0) is 42.0 Å². The fraction of sp³-hybridized carbons (Fsp3) is 0.0588. The third kappa shape index (κ3) is 3.31. The van der Waals surface area contributed by atoms with Crippen molar-refractivity contribution in [3.63, 3.8) is 0 Å². The Morgan fingerprint density at radius 3 is 2.18 bits per heavy atom. The number of halogens is 2. The largest absolute Gasteiger partial charge is 0.321 e. The van der Waals surface area contributed by atoms with Gasteiger partial charge in [0.2, 0.25) is 0 Å². The molecule has 0 aliphatic rings. The Morgan fingerprint density at radius 1 is 0.955 bits per heavy atom. The summed E-state index contributed by atoms with van der Waals surface area (Å²) in [6, 6.07) is 12.5. The molecule has 0 aliphatic heterocycles. The van der Waals surface area contributed by atoms with Gasteiger partial charge in [-0.2, -0.15) is 0 Å². The van der Waals surface area contributed by atoms with E-state index in [1.807, 2.05) is 23.7 Å². The van der Waals surface area contributed by atoms with Crippen molar-refractivity contribution in [1.82, 2.24) is 4.98 Å². The van der Waals surface area contributed by atoms with Gasteiger partial charge in [-0.3, -0.25) is 0 Å². The van der Waals surface area contributed by atoms with Crippen LogP contribution in [0.3, 0.4) is 0 Å². The quantitative estimate of drug-likeness (QED) is 0.688. The molecule has 0 spiro atoms. The van der Waals surface area contributed by atoms with Gasteiger partial charge in [0.1, 0.15) is 11.6 Å². The van der Waals surface area contributed by atoms with Gasteiger partial charge in [-0.15, -0.1) is 11.3 Å². The summed E-state index contributed by atoms with van der Waals surface area (Å²) in [5, 5.41) is 2.73. The van der Waals surface area contributed by atoms with Crippen molar-refractivity contribution < 1.29 is 8.78 Å². The number of thiazole rings is 1. The molecule has 1 aromatic heterocycles. The van der Waals surface area contributed by atoms with E-state index < -0.39 is 0 Å². The lowest BCUT2D eigenvalue weighted by atomic mass is 10.1. The summed E-state index contributed by atoms with van der Waals surface area (Å²) < 4.78 is 25.9. The molecule has 1 radical (unpaired) electrons. The molecule has 0 N–H and O–H groups in total. The number of nitrogens with zero attached hydrogens (tertiary/aromatic N) is 2. The lowest BCUT2D eigenvalue weighted by molar-refractivity contribution is 0.627. The molecule has 3 aromatic rings. The Balaban J connectivity index is 1.75. The first-order valence-corrected chi connectivity index (χ1v) is 7.55. The number of hydrogen-bond donors (Lipinski definition) is 0. The normalized spacial score (nSPS) is 10.7. The van der Waals surface area contributed by atoms with Crippen LogP contribution in [0.1, 0.15) is 11.3 Å². The summed E-state index contributed by atoms with van der Waals surface area (Å²) in [5.41, 5.74) is 2.56. The average molecular weight is 315 g/mol. The minimum Gasteiger partial charge on any atom is -0.321 e. The molecule has 0 unspecified atom stereocenters. The van der Waals surface area contributed by atoms with E-state index in [0.717, 1.165) is 22.1 Å².